The van der Waals surface area contributed by atoms with Crippen LogP contribution in [0.5, 0.6) is 0 Å². The lowest BCUT2D eigenvalue weighted by Gasteiger charge is -2.29. The second-order valence-corrected chi connectivity index (χ2v) is 5.21. The van der Waals surface area contributed by atoms with Crippen molar-refractivity contribution in [2.24, 2.45) is 5.16 Å². The van der Waals surface area contributed by atoms with Crippen LogP contribution in [-0.2, 0) is 0 Å². The highest BCUT2D eigenvalue weighted by molar-refractivity contribution is 6.30. The highest BCUT2D eigenvalue weighted by Crippen LogP contribution is 2.28. The maximum Gasteiger partial charge on any atom is 0.258 e. The van der Waals surface area contributed by atoms with E-state index < -0.39 is 0 Å². The molecule has 0 radical (unpaired) electrons. The number of halogens is 1. The molecule has 0 aromatic heterocycles. The SMILES string of the molecule is O=C(c1ccc(Cl)cc1)N1CCC(=NO)c2ccccc21. The Morgan fingerprint density at radius 2 is 1.86 bits per heavy atom. The van der Waals surface area contributed by atoms with E-state index in [0.717, 1.165) is 11.3 Å². The zero-order valence-electron chi connectivity index (χ0n) is 11.2. The zero-order chi connectivity index (χ0) is 14.8. The van der Waals surface area contributed by atoms with E-state index in [1.54, 1.807) is 29.2 Å². The largest absolute Gasteiger partial charge is 0.411 e. The summed E-state index contributed by atoms with van der Waals surface area (Å²) in [6.07, 6.45) is 0.521. The summed E-state index contributed by atoms with van der Waals surface area (Å²) in [5.41, 5.74) is 2.73. The molecule has 0 saturated heterocycles. The van der Waals surface area contributed by atoms with E-state index in [1.807, 2.05) is 24.3 Å². The van der Waals surface area contributed by atoms with Crippen LogP contribution in [-0.4, -0.2) is 23.4 Å². The maximum absolute atomic E-state index is 12.6. The molecule has 1 amide bonds. The predicted molar refractivity (Wildman–Crippen MR) is 82.5 cm³/mol. The van der Waals surface area contributed by atoms with Crippen molar-refractivity contribution in [2.75, 3.05) is 11.4 Å². The van der Waals surface area contributed by atoms with E-state index >= 15 is 0 Å². The summed E-state index contributed by atoms with van der Waals surface area (Å²) in [6, 6.07) is 14.3. The Bertz CT molecular complexity index is 710. The van der Waals surface area contributed by atoms with Gasteiger partial charge in [0.05, 0.1) is 11.4 Å². The quantitative estimate of drug-likeness (QED) is 0.646. The molecule has 2 aromatic rings. The third-order valence-corrected chi connectivity index (χ3v) is 3.79. The van der Waals surface area contributed by atoms with E-state index in [2.05, 4.69) is 5.16 Å². The van der Waals surface area contributed by atoms with Gasteiger partial charge in [-0.25, -0.2) is 0 Å². The van der Waals surface area contributed by atoms with E-state index in [9.17, 15) is 4.79 Å². The normalized spacial score (nSPS) is 15.9. The van der Waals surface area contributed by atoms with Gasteiger partial charge in [0.15, 0.2) is 0 Å². The van der Waals surface area contributed by atoms with Gasteiger partial charge in [0, 0.05) is 29.1 Å². The molecule has 1 N–H and O–H groups in total. The third-order valence-electron chi connectivity index (χ3n) is 3.53. The summed E-state index contributed by atoms with van der Waals surface area (Å²) in [5.74, 6) is -0.0869. The summed E-state index contributed by atoms with van der Waals surface area (Å²) in [7, 11) is 0. The highest BCUT2D eigenvalue weighted by atomic mass is 35.5. The van der Waals surface area contributed by atoms with E-state index in [4.69, 9.17) is 16.8 Å². The summed E-state index contributed by atoms with van der Waals surface area (Å²) >= 11 is 5.85. The maximum atomic E-state index is 12.6. The summed E-state index contributed by atoms with van der Waals surface area (Å²) in [6.45, 7) is 0.484. The van der Waals surface area contributed by atoms with Gasteiger partial charge in [-0.3, -0.25) is 4.79 Å². The standard InChI is InChI=1S/C16H13ClN2O2/c17-12-7-5-11(6-8-12)16(20)19-10-9-14(18-21)13-3-1-2-4-15(13)19/h1-8,21H,9-10H2. The predicted octanol–water partition coefficient (Wildman–Crippen LogP) is 3.57. The average Bonchev–Trinajstić information content (AvgIpc) is 2.54. The number of oxime groups is 1. The molecule has 106 valence electrons. The molecule has 1 heterocycles. The van der Waals surface area contributed by atoms with Gasteiger partial charge in [-0.15, -0.1) is 0 Å². The fourth-order valence-corrected chi connectivity index (χ4v) is 2.61. The third kappa shape index (κ3) is 2.50. The Kier molecular flexibility index (Phi) is 3.62. The first-order valence-corrected chi connectivity index (χ1v) is 6.96. The van der Waals surface area contributed by atoms with Crippen LogP contribution >= 0.6 is 11.6 Å². The molecule has 0 saturated carbocycles. The molecule has 2 aromatic carbocycles. The lowest BCUT2D eigenvalue weighted by molar-refractivity contribution is 0.0987. The van der Waals surface area contributed by atoms with Gasteiger partial charge >= 0.3 is 0 Å². The summed E-state index contributed by atoms with van der Waals surface area (Å²) in [5, 5.41) is 13.0. The molecule has 0 spiro atoms. The van der Waals surface area contributed by atoms with Crippen molar-refractivity contribution in [3.05, 3.63) is 64.7 Å². The highest BCUT2D eigenvalue weighted by Gasteiger charge is 2.26. The van der Waals surface area contributed by atoms with Gasteiger partial charge < -0.3 is 10.1 Å². The Morgan fingerprint density at radius 3 is 2.57 bits per heavy atom. The molecular weight excluding hydrogens is 288 g/mol. The number of rotatable bonds is 1. The van der Waals surface area contributed by atoms with Crippen LogP contribution in [0.3, 0.4) is 0 Å². The Morgan fingerprint density at radius 1 is 1.14 bits per heavy atom. The monoisotopic (exact) mass is 300 g/mol. The lowest BCUT2D eigenvalue weighted by Crippen LogP contribution is -2.37. The van der Waals surface area contributed by atoms with Crippen molar-refractivity contribution in [3.63, 3.8) is 0 Å². The zero-order valence-corrected chi connectivity index (χ0v) is 11.9. The number of hydrogen-bond acceptors (Lipinski definition) is 3. The number of fused-ring (bicyclic) bond motifs is 1. The van der Waals surface area contributed by atoms with Crippen molar-refractivity contribution in [1.29, 1.82) is 0 Å². The van der Waals surface area contributed by atoms with E-state index in [1.165, 1.54) is 0 Å². The van der Waals surface area contributed by atoms with Crippen molar-refractivity contribution in [3.8, 4) is 0 Å². The number of nitrogens with zero attached hydrogens (tertiary/aromatic N) is 2. The van der Waals surface area contributed by atoms with E-state index in [0.29, 0.717) is 29.3 Å². The van der Waals surface area contributed by atoms with Crippen molar-refractivity contribution in [1.82, 2.24) is 0 Å². The topological polar surface area (TPSA) is 52.9 Å². The summed E-state index contributed by atoms with van der Waals surface area (Å²) in [4.78, 5) is 14.4. The fourth-order valence-electron chi connectivity index (χ4n) is 2.49. The first kappa shape index (κ1) is 13.6. The van der Waals surface area contributed by atoms with Gasteiger partial charge in [0.1, 0.15) is 0 Å². The molecule has 1 aliphatic rings. The molecule has 3 rings (SSSR count). The Balaban J connectivity index is 2.00. The number of hydrogen-bond donors (Lipinski definition) is 1. The Labute approximate surface area is 127 Å². The van der Waals surface area contributed by atoms with Crippen molar-refractivity contribution in [2.45, 2.75) is 6.42 Å². The minimum Gasteiger partial charge on any atom is -0.411 e. The molecule has 0 fully saturated rings. The number of para-hydroxylation sites is 1. The van der Waals surface area contributed by atoms with Crippen molar-refractivity contribution < 1.29 is 10.0 Å². The fraction of sp³-hybridized carbons (Fsp3) is 0.125. The lowest BCUT2D eigenvalue weighted by atomic mass is 9.99. The van der Waals surface area contributed by atoms with Gasteiger partial charge in [-0.1, -0.05) is 35.0 Å². The molecule has 5 heteroatoms. The minimum absolute atomic E-state index is 0.0869. The molecular formula is C16H13ClN2O2. The van der Waals surface area contributed by atoms with Crippen molar-refractivity contribution >= 4 is 28.9 Å². The van der Waals surface area contributed by atoms with Crippen LogP contribution in [0, 0.1) is 0 Å². The Hall–Kier alpha value is -2.33. The molecule has 1 aliphatic heterocycles. The minimum atomic E-state index is -0.0869. The van der Waals surface area contributed by atoms with Crippen LogP contribution in [0.1, 0.15) is 22.3 Å². The van der Waals surface area contributed by atoms with Gasteiger partial charge in [0.25, 0.3) is 5.91 Å². The molecule has 0 aliphatic carbocycles. The second kappa shape index (κ2) is 5.58. The molecule has 0 unspecified atom stereocenters. The average molecular weight is 301 g/mol. The number of carbonyl (C=O) groups excluding carboxylic acids is 1. The van der Waals surface area contributed by atoms with Crippen LogP contribution in [0.15, 0.2) is 53.7 Å². The molecule has 21 heavy (non-hydrogen) atoms. The number of amides is 1. The first-order valence-electron chi connectivity index (χ1n) is 6.58. The van der Waals surface area contributed by atoms with Crippen LogP contribution < -0.4 is 4.90 Å². The summed E-state index contributed by atoms with van der Waals surface area (Å²) < 4.78 is 0. The van der Waals surface area contributed by atoms with Gasteiger partial charge in [-0.2, -0.15) is 0 Å². The van der Waals surface area contributed by atoms with E-state index in [-0.39, 0.29) is 5.91 Å². The molecule has 4 nitrogen and oxygen atoms in total. The molecule has 0 bridgehead atoms. The smallest absolute Gasteiger partial charge is 0.258 e. The van der Waals surface area contributed by atoms with Gasteiger partial charge in [0.2, 0.25) is 0 Å². The van der Waals surface area contributed by atoms with Crippen LogP contribution in [0.4, 0.5) is 5.69 Å². The van der Waals surface area contributed by atoms with Gasteiger partial charge in [-0.05, 0) is 30.3 Å². The number of anilines is 1. The molecule has 0 atom stereocenters. The number of benzene rings is 2. The van der Waals surface area contributed by atoms with Crippen LogP contribution in [0.2, 0.25) is 5.02 Å². The van der Waals surface area contributed by atoms with Crippen LogP contribution in [0.25, 0.3) is 0 Å². The number of carbonyl (C=O) groups is 1. The second-order valence-electron chi connectivity index (χ2n) is 4.78. The first-order chi connectivity index (χ1) is 10.2.